The summed E-state index contributed by atoms with van der Waals surface area (Å²) in [6.45, 7) is 5.50. The number of carbonyl (C=O) groups is 1. The first-order valence-corrected chi connectivity index (χ1v) is 9.30. The molecule has 1 amide bonds. The lowest BCUT2D eigenvalue weighted by molar-refractivity contribution is 0.0390. The molecule has 1 aliphatic rings. The molecule has 0 aromatic carbocycles. The minimum Gasteiger partial charge on any atom is -0.444 e. The number of thiazole rings is 1. The monoisotopic (exact) mass is 340 g/mol. The zero-order valence-corrected chi connectivity index (χ0v) is 15.1. The van der Waals surface area contributed by atoms with Crippen LogP contribution in [0.4, 0.5) is 4.79 Å². The number of nitrogens with zero attached hydrogens (tertiary/aromatic N) is 1. The number of hydrogen-bond acceptors (Lipinski definition) is 5. The number of amides is 1. The topological polar surface area (TPSA) is 71.5 Å². The predicted molar refractivity (Wildman–Crippen MR) is 91.4 cm³/mol. The fourth-order valence-electron chi connectivity index (χ4n) is 3.06. The number of ether oxygens (including phenoxy) is 1. The van der Waals surface area contributed by atoms with Gasteiger partial charge in [0.15, 0.2) is 0 Å². The lowest BCUT2D eigenvalue weighted by atomic mass is 9.84. The van der Waals surface area contributed by atoms with E-state index in [1.54, 1.807) is 6.20 Å². The second-order valence-electron chi connectivity index (χ2n) is 7.31. The van der Waals surface area contributed by atoms with E-state index in [1.807, 2.05) is 26.2 Å². The van der Waals surface area contributed by atoms with Gasteiger partial charge < -0.3 is 15.2 Å². The number of hydrogen-bond donors (Lipinski definition) is 2. The van der Waals surface area contributed by atoms with E-state index in [0.29, 0.717) is 10.9 Å². The average Bonchev–Trinajstić information content (AvgIpc) is 2.99. The van der Waals surface area contributed by atoms with Crippen molar-refractivity contribution in [2.75, 3.05) is 0 Å². The van der Waals surface area contributed by atoms with Gasteiger partial charge in [-0.3, -0.25) is 0 Å². The Morgan fingerprint density at radius 3 is 2.70 bits per heavy atom. The Morgan fingerprint density at radius 1 is 1.43 bits per heavy atom. The molecule has 1 heterocycles. The first-order valence-electron chi connectivity index (χ1n) is 8.42. The largest absolute Gasteiger partial charge is 0.444 e. The number of nitrogens with one attached hydrogen (secondary N) is 1. The van der Waals surface area contributed by atoms with Crippen LogP contribution in [0.5, 0.6) is 0 Å². The van der Waals surface area contributed by atoms with Gasteiger partial charge in [0, 0.05) is 11.6 Å². The van der Waals surface area contributed by atoms with Crippen LogP contribution in [0.3, 0.4) is 0 Å². The molecule has 1 saturated carbocycles. The van der Waals surface area contributed by atoms with E-state index < -0.39 is 17.8 Å². The Morgan fingerprint density at radius 2 is 2.13 bits per heavy atom. The molecule has 6 heteroatoms. The zero-order valence-electron chi connectivity index (χ0n) is 14.2. The Bertz CT molecular complexity index is 479. The van der Waals surface area contributed by atoms with Crippen LogP contribution in [0.25, 0.3) is 0 Å². The third-order valence-electron chi connectivity index (χ3n) is 4.10. The first-order chi connectivity index (χ1) is 10.8. The van der Waals surface area contributed by atoms with E-state index in [-0.39, 0.29) is 6.04 Å². The van der Waals surface area contributed by atoms with Gasteiger partial charge in [-0.2, -0.15) is 0 Å². The molecule has 1 fully saturated rings. The Hall–Kier alpha value is -1.14. The Balaban J connectivity index is 2.02. The Kier molecular flexibility index (Phi) is 6.41. The van der Waals surface area contributed by atoms with Crippen molar-refractivity contribution in [1.29, 1.82) is 0 Å². The van der Waals surface area contributed by atoms with Crippen LogP contribution in [0.1, 0.15) is 70.4 Å². The summed E-state index contributed by atoms with van der Waals surface area (Å²) in [5, 5.41) is 16.0. The molecule has 0 radical (unpaired) electrons. The lowest BCUT2D eigenvalue weighted by Gasteiger charge is -2.30. The molecule has 0 bridgehead atoms. The summed E-state index contributed by atoms with van der Waals surface area (Å²) in [6.07, 6.45) is 7.25. The van der Waals surface area contributed by atoms with Crippen molar-refractivity contribution in [3.8, 4) is 0 Å². The molecule has 0 aliphatic heterocycles. The first kappa shape index (κ1) is 18.2. The summed E-state index contributed by atoms with van der Waals surface area (Å²) >= 11 is 1.41. The van der Waals surface area contributed by atoms with Crippen LogP contribution < -0.4 is 5.32 Å². The molecule has 0 unspecified atom stereocenters. The molecule has 1 aromatic heterocycles. The second kappa shape index (κ2) is 8.11. The maximum Gasteiger partial charge on any atom is 0.407 e. The van der Waals surface area contributed by atoms with Gasteiger partial charge in [0.05, 0.1) is 6.04 Å². The fraction of sp³-hybridized carbons (Fsp3) is 0.765. The van der Waals surface area contributed by atoms with E-state index in [2.05, 4.69) is 10.3 Å². The molecule has 0 spiro atoms. The summed E-state index contributed by atoms with van der Waals surface area (Å²) in [5.74, 6) is 0.540. The van der Waals surface area contributed by atoms with Crippen molar-refractivity contribution < 1.29 is 14.6 Å². The van der Waals surface area contributed by atoms with Gasteiger partial charge in [-0.1, -0.05) is 32.1 Å². The van der Waals surface area contributed by atoms with Crippen molar-refractivity contribution in [3.05, 3.63) is 16.6 Å². The van der Waals surface area contributed by atoms with Crippen LogP contribution in [0.2, 0.25) is 0 Å². The molecule has 5 nitrogen and oxygen atoms in total. The SMILES string of the molecule is CC(C)(C)OC(=O)N[C@@H](CC1CCCCC1)[C@H](O)c1nccs1. The highest BCUT2D eigenvalue weighted by Gasteiger charge is 2.30. The molecule has 1 aromatic rings. The minimum absolute atomic E-state index is 0.362. The highest BCUT2D eigenvalue weighted by atomic mass is 32.1. The Labute approximate surface area is 142 Å². The average molecular weight is 340 g/mol. The van der Waals surface area contributed by atoms with Gasteiger partial charge in [-0.05, 0) is 33.1 Å². The molecule has 23 heavy (non-hydrogen) atoms. The van der Waals surface area contributed by atoms with Crippen LogP contribution in [0.15, 0.2) is 11.6 Å². The number of aromatic nitrogens is 1. The van der Waals surface area contributed by atoms with Crippen molar-refractivity contribution in [1.82, 2.24) is 10.3 Å². The predicted octanol–water partition coefficient (Wildman–Crippen LogP) is 4.04. The van der Waals surface area contributed by atoms with E-state index in [4.69, 9.17) is 4.74 Å². The molecular weight excluding hydrogens is 312 g/mol. The number of rotatable bonds is 5. The number of carbonyl (C=O) groups excluding carboxylic acids is 1. The number of alkyl carbamates (subject to hydrolysis) is 1. The van der Waals surface area contributed by atoms with Crippen molar-refractivity contribution in [3.63, 3.8) is 0 Å². The fourth-order valence-corrected chi connectivity index (χ4v) is 3.75. The maximum atomic E-state index is 12.1. The smallest absolute Gasteiger partial charge is 0.407 e. The lowest BCUT2D eigenvalue weighted by Crippen LogP contribution is -2.43. The molecule has 130 valence electrons. The van der Waals surface area contributed by atoms with Crippen LogP contribution in [0, 0.1) is 5.92 Å². The third-order valence-corrected chi connectivity index (χ3v) is 4.95. The number of aliphatic hydroxyl groups is 1. The van der Waals surface area contributed by atoms with Crippen LogP contribution >= 0.6 is 11.3 Å². The van der Waals surface area contributed by atoms with E-state index in [9.17, 15) is 9.90 Å². The van der Waals surface area contributed by atoms with Crippen molar-refractivity contribution in [2.24, 2.45) is 5.92 Å². The second-order valence-corrected chi connectivity index (χ2v) is 8.23. The summed E-state index contributed by atoms with van der Waals surface area (Å²) in [7, 11) is 0. The van der Waals surface area contributed by atoms with Gasteiger partial charge >= 0.3 is 6.09 Å². The minimum atomic E-state index is -0.788. The van der Waals surface area contributed by atoms with Crippen molar-refractivity contribution in [2.45, 2.75) is 77.0 Å². The van der Waals surface area contributed by atoms with Gasteiger partial charge in [0.25, 0.3) is 0 Å². The summed E-state index contributed by atoms with van der Waals surface area (Å²) in [6, 6.07) is -0.362. The van der Waals surface area contributed by atoms with Gasteiger partial charge in [0.1, 0.15) is 16.7 Å². The highest BCUT2D eigenvalue weighted by molar-refractivity contribution is 7.09. The normalized spacial score (nSPS) is 19.1. The van der Waals surface area contributed by atoms with Crippen molar-refractivity contribution >= 4 is 17.4 Å². The zero-order chi connectivity index (χ0) is 16.9. The van der Waals surface area contributed by atoms with Gasteiger partial charge in [0.2, 0.25) is 0 Å². The number of aliphatic hydroxyl groups excluding tert-OH is 1. The molecule has 2 rings (SSSR count). The van der Waals surface area contributed by atoms with Gasteiger partial charge in [-0.15, -0.1) is 11.3 Å². The molecule has 2 N–H and O–H groups in total. The molecule has 0 saturated heterocycles. The standard InChI is InChI=1S/C17H28N2O3S/c1-17(2,3)22-16(21)19-13(11-12-7-5-4-6-8-12)14(20)15-18-9-10-23-15/h9-10,12-14,20H,4-8,11H2,1-3H3,(H,19,21)/t13-,14-/m0/s1. The summed E-state index contributed by atoms with van der Waals surface area (Å²) in [4.78, 5) is 16.3. The molecular formula is C17H28N2O3S. The van der Waals surface area contributed by atoms with Gasteiger partial charge in [-0.25, -0.2) is 9.78 Å². The summed E-state index contributed by atoms with van der Waals surface area (Å²) in [5.41, 5.74) is -0.550. The van der Waals surface area contributed by atoms with E-state index in [0.717, 1.165) is 19.3 Å². The van der Waals surface area contributed by atoms with Crippen LogP contribution in [-0.4, -0.2) is 27.8 Å². The quantitative estimate of drug-likeness (QED) is 0.848. The van der Waals surface area contributed by atoms with E-state index in [1.165, 1.54) is 30.6 Å². The maximum absolute atomic E-state index is 12.1. The highest BCUT2D eigenvalue weighted by Crippen LogP contribution is 2.31. The third kappa shape index (κ3) is 6.11. The summed E-state index contributed by atoms with van der Waals surface area (Å²) < 4.78 is 5.35. The molecule has 1 aliphatic carbocycles. The van der Waals surface area contributed by atoms with E-state index >= 15 is 0 Å². The van der Waals surface area contributed by atoms with Crippen LogP contribution in [-0.2, 0) is 4.74 Å². The molecule has 2 atom stereocenters.